The number of hydrogen-bond donors (Lipinski definition) is 4. The van der Waals surface area contributed by atoms with E-state index in [-0.39, 0.29) is 41.0 Å². The smallest absolute Gasteiger partial charge is 0.262 e. The number of carbonyl (C=O) groups excluding carboxylic acids is 6. The van der Waals surface area contributed by atoms with E-state index in [0.29, 0.717) is 64.3 Å². The van der Waals surface area contributed by atoms with E-state index in [2.05, 4.69) is 66.3 Å². The largest absolute Gasteiger partial charge is 0.398 e. The average molecular weight is 908 g/mol. The summed E-state index contributed by atoms with van der Waals surface area (Å²) in [4.78, 5) is 84.2. The van der Waals surface area contributed by atoms with Gasteiger partial charge in [0.1, 0.15) is 29.8 Å². The van der Waals surface area contributed by atoms with Crippen LogP contribution in [0.2, 0.25) is 5.04 Å². The van der Waals surface area contributed by atoms with E-state index in [0.717, 1.165) is 21.5 Å². The molecule has 2 fully saturated rings. The third-order valence-electron chi connectivity index (χ3n) is 12.9. The molecule has 3 aromatic rings. The maximum atomic E-state index is 14.3. The first-order valence-electron chi connectivity index (χ1n) is 23.6. The van der Waals surface area contributed by atoms with Crippen LogP contribution < -0.4 is 31.6 Å². The summed E-state index contributed by atoms with van der Waals surface area (Å²) in [6.07, 6.45) is 4.08. The molecule has 2 aliphatic rings. The van der Waals surface area contributed by atoms with Gasteiger partial charge in [0.05, 0.1) is 0 Å². The fourth-order valence-corrected chi connectivity index (χ4v) is 13.8. The number of carbonyl (C=O) groups is 6. The Morgan fingerprint density at radius 3 is 1.97 bits per heavy atom. The van der Waals surface area contributed by atoms with Gasteiger partial charge in [0.2, 0.25) is 29.5 Å². The molecule has 12 nitrogen and oxygen atoms in total. The van der Waals surface area contributed by atoms with E-state index in [4.69, 9.17) is 4.43 Å². The van der Waals surface area contributed by atoms with Gasteiger partial charge in [-0.25, -0.2) is 0 Å². The van der Waals surface area contributed by atoms with E-state index in [1.807, 2.05) is 88.4 Å². The summed E-state index contributed by atoms with van der Waals surface area (Å²) in [5, 5.41) is 13.8. The Kier molecular flexibility index (Phi) is 17.1. The monoisotopic (exact) mass is 908 g/mol. The summed E-state index contributed by atoms with van der Waals surface area (Å²) >= 11 is 0. The van der Waals surface area contributed by atoms with Crippen molar-refractivity contribution >= 4 is 54.0 Å². The summed E-state index contributed by atoms with van der Waals surface area (Å²) in [6, 6.07) is 25.4. The minimum atomic E-state index is -2.93. The molecule has 0 spiro atoms. The number of nitrogens with one attached hydrogen (secondary N) is 4. The molecule has 5 rings (SSSR count). The fourth-order valence-electron chi connectivity index (χ4n) is 9.09. The normalized spacial score (nSPS) is 21.6. The van der Waals surface area contributed by atoms with E-state index < -0.39 is 55.8 Å². The van der Waals surface area contributed by atoms with Gasteiger partial charge in [-0.2, -0.15) is 0 Å². The zero-order valence-electron chi connectivity index (χ0n) is 40.2. The highest BCUT2D eigenvalue weighted by atomic mass is 28.4. The molecule has 0 aliphatic carbocycles. The molecule has 5 amide bonds. The molecule has 0 radical (unpaired) electrons. The van der Waals surface area contributed by atoms with Gasteiger partial charge in [0.25, 0.3) is 8.32 Å². The fraction of sp³-hybridized carbons (Fsp3) is 0.538. The molecule has 0 bridgehead atoms. The van der Waals surface area contributed by atoms with Gasteiger partial charge < -0.3 is 30.6 Å². The Hall–Kier alpha value is -5.14. The predicted molar refractivity (Wildman–Crippen MR) is 258 cm³/mol. The molecule has 4 N–H and O–H groups in total. The molecule has 0 aromatic heterocycles. The van der Waals surface area contributed by atoms with Crippen LogP contribution in [0.1, 0.15) is 131 Å². The van der Waals surface area contributed by atoms with Gasteiger partial charge in [-0.3, -0.25) is 28.8 Å². The van der Waals surface area contributed by atoms with Crippen LogP contribution in [0.5, 0.6) is 0 Å². The van der Waals surface area contributed by atoms with Crippen molar-refractivity contribution in [2.45, 2.75) is 173 Å². The second-order valence-electron chi connectivity index (χ2n) is 20.3. The summed E-state index contributed by atoms with van der Waals surface area (Å²) in [6.45, 7) is 18.0. The lowest BCUT2D eigenvalue weighted by atomic mass is 9.94. The summed E-state index contributed by atoms with van der Waals surface area (Å²) < 4.78 is 7.05. The van der Waals surface area contributed by atoms with Crippen LogP contribution in [-0.2, 0) is 46.0 Å². The highest BCUT2D eigenvalue weighted by molar-refractivity contribution is 6.99. The molecule has 2 heterocycles. The molecule has 2 aliphatic heterocycles. The van der Waals surface area contributed by atoms with Crippen LogP contribution in [0.15, 0.2) is 84.9 Å². The zero-order valence-corrected chi connectivity index (χ0v) is 41.2. The van der Waals surface area contributed by atoms with Gasteiger partial charge in [-0.1, -0.05) is 125 Å². The van der Waals surface area contributed by atoms with Crippen LogP contribution >= 0.6 is 0 Å². The first-order valence-corrected chi connectivity index (χ1v) is 25.5. The lowest BCUT2D eigenvalue weighted by Crippen LogP contribution is -2.68. The Balaban J connectivity index is 1.23. The van der Waals surface area contributed by atoms with Gasteiger partial charge in [-0.15, -0.1) is 0 Å². The molecule has 0 saturated carbocycles. The number of Topliss-reactive ketones (excluding diaryl/α,β-unsaturated/α-hetero) is 1. The summed E-state index contributed by atoms with van der Waals surface area (Å²) in [5.41, 5.74) is 0.102. The van der Waals surface area contributed by atoms with Crippen molar-refractivity contribution in [3.05, 3.63) is 96.1 Å². The third-order valence-corrected chi connectivity index (χ3v) is 18.1. The van der Waals surface area contributed by atoms with Gasteiger partial charge in [0.15, 0.2) is 5.78 Å². The second-order valence-corrected chi connectivity index (χ2v) is 24.5. The first kappa shape index (κ1) is 50.9. The van der Waals surface area contributed by atoms with Crippen molar-refractivity contribution in [2.75, 3.05) is 6.54 Å². The van der Waals surface area contributed by atoms with Crippen molar-refractivity contribution < 1.29 is 33.2 Å². The minimum absolute atomic E-state index is 0.0126. The zero-order chi connectivity index (χ0) is 47.6. The number of nitrogens with zero attached hydrogens (tertiary/aromatic N) is 1. The number of unbranched alkanes of at least 4 members (excludes halogenated alkanes) is 2. The van der Waals surface area contributed by atoms with E-state index in [1.54, 1.807) is 18.7 Å². The van der Waals surface area contributed by atoms with Crippen molar-refractivity contribution in [1.82, 2.24) is 26.2 Å². The Morgan fingerprint density at radius 2 is 1.40 bits per heavy atom. The maximum absolute atomic E-state index is 14.3. The van der Waals surface area contributed by atoms with E-state index in [9.17, 15) is 28.8 Å². The number of ketones is 1. The molecule has 65 heavy (non-hydrogen) atoms. The Morgan fingerprint density at radius 1 is 0.800 bits per heavy atom. The number of fused-ring (bicyclic) bond motifs is 1. The lowest BCUT2D eigenvalue weighted by Gasteiger charge is -2.44. The summed E-state index contributed by atoms with van der Waals surface area (Å²) in [7, 11) is -2.93. The number of amides is 5. The predicted octanol–water partition coefficient (Wildman–Crippen LogP) is 5.82. The second kappa shape index (κ2) is 21.9. The highest BCUT2D eigenvalue weighted by Gasteiger charge is 2.51. The quantitative estimate of drug-likeness (QED) is 0.0981. The maximum Gasteiger partial charge on any atom is 0.262 e. The van der Waals surface area contributed by atoms with Crippen LogP contribution in [-0.4, -0.2) is 90.4 Å². The Bertz CT molecular complexity index is 2080. The van der Waals surface area contributed by atoms with Gasteiger partial charge in [-0.05, 0) is 99.7 Å². The molecule has 3 aromatic carbocycles. The Labute approximate surface area is 387 Å². The SMILES string of the molecule is CC[C@]1(C)NC(=O)[C@H](CCCCCC(=O)[C@H](C)O[Si](c2ccccc2)(c2ccccc2)C(C)(C)C)NC(=O)[C@H]2CCCN2C(=O)[C@H](Cc2ccc(CCC(=O)NC(C)(C)C)cc2)NC1=O. The highest BCUT2D eigenvalue weighted by Crippen LogP contribution is 2.38. The molecular formula is C52H73N5O7Si. The van der Waals surface area contributed by atoms with Crippen LogP contribution in [0.3, 0.4) is 0 Å². The summed E-state index contributed by atoms with van der Waals surface area (Å²) in [5.74, 6) is -1.72. The van der Waals surface area contributed by atoms with Gasteiger partial charge in [0, 0.05) is 31.3 Å². The standard InChI is InChI=1S/C52H73N5O7Si/c1-10-52(9)49(63)54-42(35-38-30-28-37(29-31-38)32-33-45(59)55-50(3,4)5)48(62)57-34-20-26-43(57)47(61)53-41(46(60)56-52)25-18-13-19-27-44(58)36(2)64-65(51(6,7)8,39-21-14-11-15-22-39)40-23-16-12-17-24-40/h11-12,14-17,21-24,28-31,36,41-43H,10,13,18-20,25-27,32-35H2,1-9H3,(H,53,61)(H,54,63)(H,55,59)(H,56,60)/t36-,41-,42-,43+,52-/m0/s1. The topological polar surface area (TPSA) is 163 Å². The van der Waals surface area contributed by atoms with Crippen molar-refractivity contribution in [3.8, 4) is 0 Å². The first-order chi connectivity index (χ1) is 30.7. The molecule has 5 atom stereocenters. The molecule has 2 saturated heterocycles. The number of rotatable bonds is 17. The van der Waals surface area contributed by atoms with Crippen LogP contribution in [0.25, 0.3) is 0 Å². The number of benzene rings is 3. The van der Waals surface area contributed by atoms with Crippen molar-refractivity contribution in [3.63, 3.8) is 0 Å². The molecular weight excluding hydrogens is 835 g/mol. The van der Waals surface area contributed by atoms with E-state index in [1.165, 1.54) is 0 Å². The van der Waals surface area contributed by atoms with Crippen LogP contribution in [0.4, 0.5) is 0 Å². The van der Waals surface area contributed by atoms with Crippen molar-refractivity contribution in [1.29, 1.82) is 0 Å². The molecule has 13 heteroatoms. The lowest BCUT2D eigenvalue weighted by molar-refractivity contribution is -0.144. The number of aryl methyl sites for hydroxylation is 1. The molecule has 0 unspecified atom stereocenters. The molecule has 352 valence electrons. The van der Waals surface area contributed by atoms with Crippen molar-refractivity contribution in [2.24, 2.45) is 0 Å². The van der Waals surface area contributed by atoms with Crippen LogP contribution in [0, 0.1) is 0 Å². The van der Waals surface area contributed by atoms with E-state index >= 15 is 0 Å². The average Bonchev–Trinajstić information content (AvgIpc) is 3.76. The number of hydrogen-bond acceptors (Lipinski definition) is 7. The third kappa shape index (κ3) is 13.0. The minimum Gasteiger partial charge on any atom is -0.398 e. The van der Waals surface area contributed by atoms with Gasteiger partial charge >= 0.3 is 0 Å².